The van der Waals surface area contributed by atoms with Crippen LogP contribution in [0.4, 0.5) is 0 Å². The van der Waals surface area contributed by atoms with Crippen LogP contribution in [-0.2, 0) is 0 Å². The number of phenolic OH excluding ortho intramolecular Hbond substituents is 1. The van der Waals surface area contributed by atoms with Crippen molar-refractivity contribution in [3.63, 3.8) is 0 Å². The molecule has 0 bridgehead atoms. The van der Waals surface area contributed by atoms with E-state index in [-0.39, 0.29) is 11.3 Å². The third kappa shape index (κ3) is 2.16. The number of aromatic nitrogens is 2. The Balaban J connectivity index is 2.06. The van der Waals surface area contributed by atoms with Crippen LogP contribution >= 0.6 is 0 Å². The van der Waals surface area contributed by atoms with E-state index in [9.17, 15) is 9.90 Å². The Morgan fingerprint density at radius 3 is 2.70 bits per heavy atom. The summed E-state index contributed by atoms with van der Waals surface area (Å²) in [4.78, 5) is 16.3. The van der Waals surface area contributed by atoms with Gasteiger partial charge in [-0.3, -0.25) is 4.79 Å². The van der Waals surface area contributed by atoms with Crippen LogP contribution in [-0.4, -0.2) is 21.0 Å². The van der Waals surface area contributed by atoms with Gasteiger partial charge in [0.05, 0.1) is 17.1 Å². The molecule has 0 radical (unpaired) electrons. The van der Waals surface area contributed by atoms with Crippen LogP contribution < -0.4 is 5.56 Å². The van der Waals surface area contributed by atoms with E-state index in [0.29, 0.717) is 16.5 Å². The van der Waals surface area contributed by atoms with Crippen molar-refractivity contribution in [2.24, 2.45) is 5.10 Å². The van der Waals surface area contributed by atoms with Gasteiger partial charge < -0.3 is 5.11 Å². The number of aromatic hydroxyl groups is 1. The Kier molecular flexibility index (Phi) is 3.01. The maximum atomic E-state index is 12.2. The molecule has 3 aromatic rings. The topological polar surface area (TPSA) is 67.5 Å². The van der Waals surface area contributed by atoms with Crippen molar-refractivity contribution in [2.45, 2.75) is 0 Å². The fraction of sp³-hybridized carbons (Fsp3) is 0. The van der Waals surface area contributed by atoms with Crippen LogP contribution in [0.25, 0.3) is 10.9 Å². The first-order chi connectivity index (χ1) is 9.75. The molecule has 2 aromatic carbocycles. The molecule has 3 rings (SSSR count). The van der Waals surface area contributed by atoms with Gasteiger partial charge in [0.1, 0.15) is 12.1 Å². The molecule has 1 N–H and O–H groups in total. The molecule has 0 saturated carbocycles. The molecule has 0 aliphatic heterocycles. The van der Waals surface area contributed by atoms with E-state index >= 15 is 0 Å². The lowest BCUT2D eigenvalue weighted by molar-refractivity contribution is 0.474. The van der Waals surface area contributed by atoms with Crippen LogP contribution in [0.2, 0.25) is 0 Å². The number of benzene rings is 2. The third-order valence-corrected chi connectivity index (χ3v) is 2.91. The smallest absolute Gasteiger partial charge is 0.281 e. The Morgan fingerprint density at radius 2 is 1.85 bits per heavy atom. The van der Waals surface area contributed by atoms with Crippen LogP contribution in [0, 0.1) is 0 Å². The normalized spacial score (nSPS) is 11.2. The summed E-state index contributed by atoms with van der Waals surface area (Å²) in [6, 6.07) is 13.8. The molecule has 1 heterocycles. The average Bonchev–Trinajstić information content (AvgIpc) is 2.48. The molecule has 0 spiro atoms. The summed E-state index contributed by atoms with van der Waals surface area (Å²) in [6.07, 6.45) is 2.79. The molecule has 0 unspecified atom stereocenters. The molecule has 5 nitrogen and oxygen atoms in total. The van der Waals surface area contributed by atoms with Gasteiger partial charge in [-0.1, -0.05) is 24.3 Å². The Labute approximate surface area is 114 Å². The SMILES string of the molecule is O=c1c2ccccc2ncn1/N=C/c1ccccc1O. The molecule has 0 amide bonds. The van der Waals surface area contributed by atoms with E-state index in [1.165, 1.54) is 12.5 Å². The summed E-state index contributed by atoms with van der Waals surface area (Å²) in [5.74, 6) is 0.109. The predicted octanol–water partition coefficient (Wildman–Crippen LogP) is 1.98. The molecule has 1 aromatic heterocycles. The molecule has 0 aliphatic rings. The number of nitrogens with zero attached hydrogens (tertiary/aromatic N) is 3. The number of rotatable bonds is 2. The average molecular weight is 265 g/mol. The Hall–Kier alpha value is -2.95. The molecule has 20 heavy (non-hydrogen) atoms. The number of para-hydroxylation sites is 2. The fourth-order valence-corrected chi connectivity index (χ4v) is 1.86. The highest BCUT2D eigenvalue weighted by atomic mass is 16.3. The fourth-order valence-electron chi connectivity index (χ4n) is 1.86. The molecule has 98 valence electrons. The maximum Gasteiger partial charge on any atom is 0.281 e. The second-order valence-corrected chi connectivity index (χ2v) is 4.21. The highest BCUT2D eigenvalue weighted by molar-refractivity contribution is 5.83. The summed E-state index contributed by atoms with van der Waals surface area (Å²) in [5.41, 5.74) is 0.918. The summed E-state index contributed by atoms with van der Waals surface area (Å²) in [7, 11) is 0. The minimum absolute atomic E-state index is 0.109. The van der Waals surface area contributed by atoms with E-state index in [1.54, 1.807) is 42.5 Å². The molecule has 0 saturated heterocycles. The van der Waals surface area contributed by atoms with Gasteiger partial charge in [0.25, 0.3) is 5.56 Å². The monoisotopic (exact) mass is 265 g/mol. The van der Waals surface area contributed by atoms with Gasteiger partial charge in [0, 0.05) is 5.56 Å². The quantitative estimate of drug-likeness (QED) is 0.720. The van der Waals surface area contributed by atoms with Crippen LogP contribution in [0.3, 0.4) is 0 Å². The third-order valence-electron chi connectivity index (χ3n) is 2.91. The van der Waals surface area contributed by atoms with E-state index in [4.69, 9.17) is 0 Å². The number of phenols is 1. The van der Waals surface area contributed by atoms with E-state index in [2.05, 4.69) is 10.1 Å². The molecule has 0 atom stereocenters. The van der Waals surface area contributed by atoms with Crippen LogP contribution in [0.5, 0.6) is 5.75 Å². The van der Waals surface area contributed by atoms with Gasteiger partial charge in [-0.25, -0.2) is 4.98 Å². The van der Waals surface area contributed by atoms with Crippen LogP contribution in [0.1, 0.15) is 5.56 Å². The summed E-state index contributed by atoms with van der Waals surface area (Å²) >= 11 is 0. The lowest BCUT2D eigenvalue weighted by Crippen LogP contribution is -2.16. The van der Waals surface area contributed by atoms with Gasteiger partial charge in [0.15, 0.2) is 0 Å². The summed E-state index contributed by atoms with van der Waals surface area (Å²) < 4.78 is 1.15. The summed E-state index contributed by atoms with van der Waals surface area (Å²) in [6.45, 7) is 0. The minimum Gasteiger partial charge on any atom is -0.507 e. The zero-order valence-electron chi connectivity index (χ0n) is 10.5. The Bertz CT molecular complexity index is 853. The second-order valence-electron chi connectivity index (χ2n) is 4.21. The predicted molar refractivity (Wildman–Crippen MR) is 77.1 cm³/mol. The van der Waals surface area contributed by atoms with Crippen molar-refractivity contribution >= 4 is 17.1 Å². The molecular weight excluding hydrogens is 254 g/mol. The first-order valence-electron chi connectivity index (χ1n) is 6.04. The van der Waals surface area contributed by atoms with E-state index in [0.717, 1.165) is 4.68 Å². The van der Waals surface area contributed by atoms with Crippen molar-refractivity contribution in [3.05, 3.63) is 70.8 Å². The molecule has 5 heteroatoms. The lowest BCUT2D eigenvalue weighted by atomic mass is 10.2. The van der Waals surface area contributed by atoms with Crippen molar-refractivity contribution in [1.29, 1.82) is 0 Å². The molecule has 0 fully saturated rings. The first kappa shape index (κ1) is 12.1. The highest BCUT2D eigenvalue weighted by Crippen LogP contribution is 2.12. The largest absolute Gasteiger partial charge is 0.507 e. The van der Waals surface area contributed by atoms with Gasteiger partial charge in [-0.15, -0.1) is 0 Å². The van der Waals surface area contributed by atoms with E-state index in [1.807, 2.05) is 6.07 Å². The lowest BCUT2D eigenvalue weighted by Gasteiger charge is -2.01. The van der Waals surface area contributed by atoms with Gasteiger partial charge in [-0.05, 0) is 24.3 Å². The van der Waals surface area contributed by atoms with Crippen LogP contribution in [0.15, 0.2) is 64.8 Å². The van der Waals surface area contributed by atoms with Gasteiger partial charge >= 0.3 is 0 Å². The molecule has 0 aliphatic carbocycles. The van der Waals surface area contributed by atoms with E-state index < -0.39 is 0 Å². The molecular formula is C15H11N3O2. The van der Waals surface area contributed by atoms with Crippen molar-refractivity contribution in [2.75, 3.05) is 0 Å². The first-order valence-corrected chi connectivity index (χ1v) is 6.04. The van der Waals surface area contributed by atoms with Gasteiger partial charge in [-0.2, -0.15) is 9.78 Å². The minimum atomic E-state index is -0.248. The zero-order valence-corrected chi connectivity index (χ0v) is 10.5. The number of hydrogen-bond acceptors (Lipinski definition) is 4. The Morgan fingerprint density at radius 1 is 1.10 bits per heavy atom. The number of fused-ring (bicyclic) bond motifs is 1. The number of hydrogen-bond donors (Lipinski definition) is 1. The van der Waals surface area contributed by atoms with Crippen molar-refractivity contribution in [3.8, 4) is 5.75 Å². The van der Waals surface area contributed by atoms with Crippen molar-refractivity contribution in [1.82, 2.24) is 9.66 Å². The highest BCUT2D eigenvalue weighted by Gasteiger charge is 2.02. The van der Waals surface area contributed by atoms with Gasteiger partial charge in [0.2, 0.25) is 0 Å². The maximum absolute atomic E-state index is 12.2. The summed E-state index contributed by atoms with van der Waals surface area (Å²) in [5, 5.41) is 14.2. The second kappa shape index (κ2) is 4.97. The standard InChI is InChI=1S/C15H11N3O2/c19-14-8-4-1-5-11(14)9-17-18-10-16-13-7-3-2-6-12(13)15(18)20/h1-10,19H/b17-9+. The zero-order chi connectivity index (χ0) is 13.9. The van der Waals surface area contributed by atoms with Crippen molar-refractivity contribution < 1.29 is 5.11 Å².